The average Bonchev–Trinajstić information content (AvgIpc) is 2.88. The van der Waals surface area contributed by atoms with Gasteiger partial charge in [-0.3, -0.25) is 19.7 Å². The number of nitrogen functional groups attached to an aromatic ring is 1. The molecule has 2 amide bonds. The number of anilines is 3. The molecule has 4 N–H and O–H groups in total. The van der Waals surface area contributed by atoms with Crippen molar-refractivity contribution in [3.8, 4) is 5.75 Å². The van der Waals surface area contributed by atoms with Gasteiger partial charge in [0.15, 0.2) is 0 Å². The highest BCUT2D eigenvalue weighted by molar-refractivity contribution is 6.09. The molecule has 1 aliphatic rings. The van der Waals surface area contributed by atoms with Crippen LogP contribution in [0.2, 0.25) is 0 Å². The van der Waals surface area contributed by atoms with Crippen LogP contribution >= 0.6 is 0 Å². The Labute approximate surface area is 148 Å². The van der Waals surface area contributed by atoms with Gasteiger partial charge < -0.3 is 21.1 Å². The van der Waals surface area contributed by atoms with E-state index in [4.69, 9.17) is 10.5 Å². The molecule has 0 spiro atoms. The Balaban J connectivity index is 1.91. The molecule has 26 heavy (non-hydrogen) atoms. The highest BCUT2D eigenvalue weighted by Gasteiger charge is 2.28. The van der Waals surface area contributed by atoms with Crippen LogP contribution < -0.4 is 21.1 Å². The van der Waals surface area contributed by atoms with E-state index in [1.807, 2.05) is 0 Å². The highest BCUT2D eigenvalue weighted by Crippen LogP contribution is 2.37. The number of nitro benzene ring substituents is 1. The van der Waals surface area contributed by atoms with Gasteiger partial charge in [-0.1, -0.05) is 0 Å². The summed E-state index contributed by atoms with van der Waals surface area (Å²) in [5, 5.41) is 16.2. The summed E-state index contributed by atoms with van der Waals surface area (Å²) in [4.78, 5) is 34.6. The molecule has 1 atom stereocenters. The minimum Gasteiger partial charge on any atom is -0.496 e. The molecule has 0 aliphatic carbocycles. The smallest absolute Gasteiger partial charge is 0.273 e. The van der Waals surface area contributed by atoms with Crippen LogP contribution in [0.5, 0.6) is 5.75 Å². The van der Waals surface area contributed by atoms with Crippen molar-refractivity contribution in [1.29, 1.82) is 0 Å². The maximum absolute atomic E-state index is 12.6. The van der Waals surface area contributed by atoms with Gasteiger partial charge in [0.2, 0.25) is 5.91 Å². The first-order valence-corrected chi connectivity index (χ1v) is 7.70. The van der Waals surface area contributed by atoms with E-state index in [1.54, 1.807) is 19.1 Å². The second-order valence-corrected chi connectivity index (χ2v) is 5.83. The van der Waals surface area contributed by atoms with Crippen LogP contribution in [0, 0.1) is 10.1 Å². The summed E-state index contributed by atoms with van der Waals surface area (Å²) < 4.78 is 5.07. The summed E-state index contributed by atoms with van der Waals surface area (Å²) in [5.41, 5.74) is 7.90. The zero-order valence-electron chi connectivity index (χ0n) is 14.0. The summed E-state index contributed by atoms with van der Waals surface area (Å²) in [6.07, 6.45) is 0. The second kappa shape index (κ2) is 6.36. The largest absolute Gasteiger partial charge is 0.496 e. The van der Waals surface area contributed by atoms with Crippen LogP contribution in [0.3, 0.4) is 0 Å². The minimum atomic E-state index is -0.577. The van der Waals surface area contributed by atoms with E-state index in [-0.39, 0.29) is 28.8 Å². The number of rotatable bonds is 4. The molecule has 1 unspecified atom stereocenters. The fourth-order valence-electron chi connectivity index (χ4n) is 2.76. The lowest BCUT2D eigenvalue weighted by molar-refractivity contribution is -0.384. The normalized spacial score (nSPS) is 15.2. The van der Waals surface area contributed by atoms with Crippen LogP contribution in [-0.4, -0.2) is 23.8 Å². The highest BCUT2D eigenvalue weighted by atomic mass is 16.6. The summed E-state index contributed by atoms with van der Waals surface area (Å²) in [6.45, 7) is 1.76. The number of hydrogen-bond acceptors (Lipinski definition) is 6. The number of hydrogen-bond donors (Lipinski definition) is 3. The van der Waals surface area contributed by atoms with Gasteiger partial charge in [-0.25, -0.2) is 0 Å². The van der Waals surface area contributed by atoms with Crippen molar-refractivity contribution in [3.05, 3.63) is 51.6 Å². The SMILES string of the molecule is COc1cc([N+](=O)[O-])ccc1C(=O)Nc1cc2c(cc1N)C(C)C(=O)N2. The van der Waals surface area contributed by atoms with Crippen LogP contribution in [0.4, 0.5) is 22.7 Å². The zero-order valence-corrected chi connectivity index (χ0v) is 14.0. The molecule has 2 aromatic rings. The predicted octanol–water partition coefficient (Wildman–Crippen LogP) is 2.49. The molecule has 1 aliphatic heterocycles. The molecule has 1 heterocycles. The van der Waals surface area contributed by atoms with Crippen LogP contribution in [0.25, 0.3) is 0 Å². The van der Waals surface area contributed by atoms with E-state index < -0.39 is 10.8 Å². The molecule has 0 saturated carbocycles. The zero-order chi connectivity index (χ0) is 19.0. The number of nitrogens with two attached hydrogens (primary N) is 1. The number of nitrogens with one attached hydrogen (secondary N) is 2. The second-order valence-electron chi connectivity index (χ2n) is 5.83. The predicted molar refractivity (Wildman–Crippen MR) is 95.5 cm³/mol. The van der Waals surface area contributed by atoms with Crippen molar-refractivity contribution >= 4 is 34.6 Å². The van der Waals surface area contributed by atoms with E-state index in [2.05, 4.69) is 10.6 Å². The molecule has 134 valence electrons. The lowest BCUT2D eigenvalue weighted by atomic mass is 10.0. The molecular formula is C17H16N4O5. The number of benzene rings is 2. The van der Waals surface area contributed by atoms with Crippen LogP contribution in [-0.2, 0) is 4.79 Å². The quantitative estimate of drug-likeness (QED) is 0.437. The first-order valence-electron chi connectivity index (χ1n) is 7.70. The molecule has 0 fully saturated rings. The van der Waals surface area contributed by atoms with E-state index in [0.717, 1.165) is 5.56 Å². The number of non-ortho nitro benzene ring substituents is 1. The van der Waals surface area contributed by atoms with E-state index >= 15 is 0 Å². The van der Waals surface area contributed by atoms with Crippen molar-refractivity contribution in [2.24, 2.45) is 0 Å². The molecule has 0 radical (unpaired) electrons. The number of carbonyl (C=O) groups excluding carboxylic acids is 2. The van der Waals surface area contributed by atoms with E-state index in [0.29, 0.717) is 17.1 Å². The van der Waals surface area contributed by atoms with Gasteiger partial charge in [-0.2, -0.15) is 0 Å². The van der Waals surface area contributed by atoms with Gasteiger partial charge in [0.1, 0.15) is 5.75 Å². The Morgan fingerprint density at radius 1 is 1.35 bits per heavy atom. The molecule has 0 aromatic heterocycles. The standard InChI is InChI=1S/C17H16N4O5/c1-8-11-6-12(18)14(7-13(11)19-16(8)22)20-17(23)10-4-3-9(21(24)25)5-15(10)26-2/h3-8H,18H2,1-2H3,(H,19,22)(H,20,23). The van der Waals surface area contributed by atoms with Gasteiger partial charge in [0.05, 0.1) is 41.0 Å². The third kappa shape index (κ3) is 2.90. The number of methoxy groups -OCH3 is 1. The number of nitrogens with zero attached hydrogens (tertiary/aromatic N) is 1. The number of nitro groups is 1. The molecule has 0 saturated heterocycles. The first kappa shape index (κ1) is 17.2. The van der Waals surface area contributed by atoms with Gasteiger partial charge in [-0.05, 0) is 30.7 Å². The van der Waals surface area contributed by atoms with Crippen molar-refractivity contribution in [1.82, 2.24) is 0 Å². The van der Waals surface area contributed by atoms with Crippen LogP contribution in [0.1, 0.15) is 28.8 Å². The maximum Gasteiger partial charge on any atom is 0.273 e. The van der Waals surface area contributed by atoms with E-state index in [1.165, 1.54) is 25.3 Å². The minimum absolute atomic E-state index is 0.0679. The monoisotopic (exact) mass is 356 g/mol. The molecule has 9 heteroatoms. The van der Waals surface area contributed by atoms with E-state index in [9.17, 15) is 19.7 Å². The third-order valence-corrected chi connectivity index (χ3v) is 4.23. The number of carbonyl (C=O) groups is 2. The molecule has 3 rings (SSSR count). The maximum atomic E-state index is 12.6. The fourth-order valence-corrected chi connectivity index (χ4v) is 2.76. The lowest BCUT2D eigenvalue weighted by Crippen LogP contribution is -2.14. The third-order valence-electron chi connectivity index (χ3n) is 4.23. The van der Waals surface area contributed by atoms with Gasteiger partial charge in [-0.15, -0.1) is 0 Å². The Morgan fingerprint density at radius 3 is 2.73 bits per heavy atom. The van der Waals surface area contributed by atoms with Gasteiger partial charge >= 0.3 is 0 Å². The fraction of sp³-hybridized carbons (Fsp3) is 0.176. The van der Waals surface area contributed by atoms with Crippen molar-refractivity contribution in [3.63, 3.8) is 0 Å². The molecule has 2 aromatic carbocycles. The summed E-state index contributed by atoms with van der Waals surface area (Å²) in [5.74, 6) is -0.925. The number of ether oxygens (including phenoxy) is 1. The Bertz CT molecular complexity index is 941. The van der Waals surface area contributed by atoms with Crippen molar-refractivity contribution < 1.29 is 19.2 Å². The van der Waals surface area contributed by atoms with Crippen molar-refractivity contribution in [2.45, 2.75) is 12.8 Å². The summed E-state index contributed by atoms with van der Waals surface area (Å²) in [6, 6.07) is 6.91. The van der Waals surface area contributed by atoms with Gasteiger partial charge in [0.25, 0.3) is 11.6 Å². The molecule has 0 bridgehead atoms. The van der Waals surface area contributed by atoms with Crippen molar-refractivity contribution in [2.75, 3.05) is 23.5 Å². The summed E-state index contributed by atoms with van der Waals surface area (Å²) in [7, 11) is 1.32. The topological polar surface area (TPSA) is 137 Å². The Morgan fingerprint density at radius 2 is 2.08 bits per heavy atom. The summed E-state index contributed by atoms with van der Waals surface area (Å²) >= 11 is 0. The molecule has 9 nitrogen and oxygen atoms in total. The van der Waals surface area contributed by atoms with Gasteiger partial charge in [0, 0.05) is 11.8 Å². The Hall–Kier alpha value is -3.62. The number of amides is 2. The first-order chi connectivity index (χ1) is 12.3. The Kier molecular flexibility index (Phi) is 4.21. The average molecular weight is 356 g/mol. The lowest BCUT2D eigenvalue weighted by Gasteiger charge is -2.13. The molecular weight excluding hydrogens is 340 g/mol. The number of fused-ring (bicyclic) bond motifs is 1. The van der Waals surface area contributed by atoms with Crippen LogP contribution in [0.15, 0.2) is 30.3 Å².